The van der Waals surface area contributed by atoms with Crippen molar-refractivity contribution in [1.29, 1.82) is 0 Å². The van der Waals surface area contributed by atoms with Crippen molar-refractivity contribution in [1.82, 2.24) is 5.32 Å². The number of carbonyl (C=O) groups is 2. The van der Waals surface area contributed by atoms with Gasteiger partial charge in [-0.15, -0.1) is 0 Å². The van der Waals surface area contributed by atoms with Crippen LogP contribution in [0.1, 0.15) is 96.3 Å². The van der Waals surface area contributed by atoms with Crippen molar-refractivity contribution in [3.05, 3.63) is 12.7 Å². The van der Waals surface area contributed by atoms with Crippen LogP contribution < -0.4 is 5.32 Å². The highest BCUT2D eigenvalue weighted by atomic mass is 16.6. The number of ether oxygens (including phenoxy) is 2. The molecule has 1 atom stereocenters. The quantitative estimate of drug-likeness (QED) is 0.391. The topological polar surface area (TPSA) is 84.9 Å². The number of aliphatic hydroxyl groups is 1. The van der Waals surface area contributed by atoms with E-state index in [9.17, 15) is 14.7 Å². The predicted octanol–water partition coefficient (Wildman–Crippen LogP) is 4.15. The maximum Gasteiger partial charge on any atom is 0.356 e. The zero-order valence-corrected chi connectivity index (χ0v) is 17.8. The summed E-state index contributed by atoms with van der Waals surface area (Å²) in [5, 5.41) is 11.3. The molecule has 0 aromatic heterocycles. The third-order valence-electron chi connectivity index (χ3n) is 6.01. The smallest absolute Gasteiger partial charge is 0.356 e. The Labute approximate surface area is 175 Å². The molecule has 3 aliphatic carbocycles. The zero-order chi connectivity index (χ0) is 20.9. The number of nitrogens with one attached hydrogen (secondary N) is 1. The van der Waals surface area contributed by atoms with Crippen molar-refractivity contribution in [2.75, 3.05) is 0 Å². The first kappa shape index (κ1) is 23.9. The number of amides is 1. The number of aliphatic hydroxyl groups excluding tert-OH is 1. The highest BCUT2D eigenvalue weighted by molar-refractivity contribution is 5.90. The molecule has 0 aromatic carbocycles. The van der Waals surface area contributed by atoms with Gasteiger partial charge < -0.3 is 19.9 Å². The Bertz CT molecular complexity index is 475. The van der Waals surface area contributed by atoms with Gasteiger partial charge in [0.2, 0.25) is 12.1 Å². The predicted molar refractivity (Wildman–Crippen MR) is 112 cm³/mol. The van der Waals surface area contributed by atoms with Gasteiger partial charge >= 0.3 is 5.97 Å². The van der Waals surface area contributed by atoms with Crippen molar-refractivity contribution in [2.24, 2.45) is 0 Å². The fourth-order valence-electron chi connectivity index (χ4n) is 4.34. The number of carbonyl (C=O) groups excluding carboxylic acids is 2. The van der Waals surface area contributed by atoms with Crippen molar-refractivity contribution in [2.45, 2.75) is 121 Å². The van der Waals surface area contributed by atoms with E-state index in [0.717, 1.165) is 38.2 Å². The van der Waals surface area contributed by atoms with E-state index >= 15 is 0 Å². The molecule has 6 heteroatoms. The third kappa shape index (κ3) is 9.77. The van der Waals surface area contributed by atoms with Gasteiger partial charge in [0.25, 0.3) is 0 Å². The van der Waals surface area contributed by atoms with Crippen molar-refractivity contribution in [3.63, 3.8) is 0 Å². The Morgan fingerprint density at radius 1 is 0.793 bits per heavy atom. The molecule has 1 unspecified atom stereocenters. The van der Waals surface area contributed by atoms with Gasteiger partial charge in [0.1, 0.15) is 6.10 Å². The van der Waals surface area contributed by atoms with Crippen molar-refractivity contribution in [3.8, 4) is 0 Å². The molecule has 6 nitrogen and oxygen atoms in total. The molecule has 0 aromatic rings. The van der Waals surface area contributed by atoms with Gasteiger partial charge in [-0.1, -0.05) is 51.5 Å². The average molecular weight is 410 g/mol. The van der Waals surface area contributed by atoms with Gasteiger partial charge in [-0.25, -0.2) is 4.79 Å². The van der Waals surface area contributed by atoms with Crippen LogP contribution in [-0.2, 0) is 19.1 Å². The van der Waals surface area contributed by atoms with Crippen LogP contribution in [0.15, 0.2) is 12.7 Å². The van der Waals surface area contributed by atoms with E-state index in [1.54, 1.807) is 0 Å². The Kier molecular flexibility index (Phi) is 11.3. The van der Waals surface area contributed by atoms with Crippen LogP contribution >= 0.6 is 0 Å². The maximum atomic E-state index is 11.3. The third-order valence-corrected chi connectivity index (χ3v) is 6.01. The van der Waals surface area contributed by atoms with Gasteiger partial charge in [0.15, 0.2) is 0 Å². The minimum absolute atomic E-state index is 0.128. The van der Waals surface area contributed by atoms with Crippen LogP contribution in [0, 0.1) is 0 Å². The summed E-state index contributed by atoms with van der Waals surface area (Å²) in [6.45, 7) is 3.21. The first-order valence-corrected chi connectivity index (χ1v) is 11.6. The lowest BCUT2D eigenvalue weighted by molar-refractivity contribution is -0.163. The Hall–Kier alpha value is -1.40. The second-order valence-electron chi connectivity index (χ2n) is 8.47. The van der Waals surface area contributed by atoms with E-state index in [4.69, 9.17) is 9.47 Å². The van der Waals surface area contributed by atoms with E-state index in [-0.39, 0.29) is 6.10 Å². The molecule has 29 heavy (non-hydrogen) atoms. The largest absolute Gasteiger partial charge is 0.459 e. The monoisotopic (exact) mass is 409 g/mol. The van der Waals surface area contributed by atoms with Gasteiger partial charge in [-0.3, -0.25) is 4.79 Å². The average Bonchev–Trinajstić information content (AvgIpc) is 2.76. The number of rotatable bonds is 6. The Balaban J connectivity index is 0.000000211. The molecule has 0 heterocycles. The minimum Gasteiger partial charge on any atom is -0.459 e. The van der Waals surface area contributed by atoms with Gasteiger partial charge in [0, 0.05) is 0 Å². The van der Waals surface area contributed by atoms with Crippen LogP contribution in [0.25, 0.3) is 0 Å². The van der Waals surface area contributed by atoms with E-state index in [1.165, 1.54) is 64.2 Å². The molecule has 0 spiro atoms. The van der Waals surface area contributed by atoms with E-state index in [1.807, 2.05) is 5.32 Å². The first-order valence-electron chi connectivity index (χ1n) is 11.6. The number of hydrogen-bond acceptors (Lipinski definition) is 5. The molecule has 166 valence electrons. The number of esters is 1. The molecule has 3 aliphatic rings. The fraction of sp³-hybridized carbons (Fsp3) is 0.826. The lowest BCUT2D eigenvalue weighted by Crippen LogP contribution is -2.42. The molecule has 1 amide bonds. The Morgan fingerprint density at radius 3 is 1.62 bits per heavy atom. The summed E-state index contributed by atoms with van der Waals surface area (Å²) in [6, 6.07) is 0. The van der Waals surface area contributed by atoms with Crippen molar-refractivity contribution < 1.29 is 24.2 Å². The summed E-state index contributed by atoms with van der Waals surface area (Å²) >= 11 is 0. The summed E-state index contributed by atoms with van der Waals surface area (Å²) in [5.74, 6) is -1.41. The molecule has 0 radical (unpaired) electrons. The maximum absolute atomic E-state index is 11.3. The lowest BCUT2D eigenvalue weighted by Gasteiger charge is -2.29. The van der Waals surface area contributed by atoms with Crippen LogP contribution in [0.4, 0.5) is 0 Å². The van der Waals surface area contributed by atoms with Crippen LogP contribution in [0.5, 0.6) is 0 Å². The number of hydrogen-bond donors (Lipinski definition) is 2. The second-order valence-corrected chi connectivity index (χ2v) is 8.47. The highest BCUT2D eigenvalue weighted by Crippen LogP contribution is 2.27. The molecule has 0 saturated heterocycles. The molecule has 0 bridgehead atoms. The molecular weight excluding hydrogens is 370 g/mol. The highest BCUT2D eigenvalue weighted by Gasteiger charge is 2.23. The molecule has 0 aliphatic heterocycles. The van der Waals surface area contributed by atoms with Gasteiger partial charge in [0.05, 0.1) is 12.2 Å². The van der Waals surface area contributed by atoms with Crippen LogP contribution in [-0.4, -0.2) is 41.5 Å². The van der Waals surface area contributed by atoms with Gasteiger partial charge in [-0.05, 0) is 57.4 Å². The summed E-state index contributed by atoms with van der Waals surface area (Å²) in [5.41, 5.74) is 0. The molecule has 3 fully saturated rings. The van der Waals surface area contributed by atoms with Crippen LogP contribution in [0.2, 0.25) is 0 Å². The SMILES string of the molecule is C1CCC(OC2CCCCC2)CC1.C=CC(=O)NC(O)C(=O)OC1CCCCC1. The van der Waals surface area contributed by atoms with Crippen LogP contribution in [0.3, 0.4) is 0 Å². The summed E-state index contributed by atoms with van der Waals surface area (Å²) in [6.07, 6.45) is 19.2. The minimum atomic E-state index is -1.60. The molecule has 3 saturated carbocycles. The normalized spacial score (nSPS) is 22.7. The van der Waals surface area contributed by atoms with Gasteiger partial charge in [-0.2, -0.15) is 0 Å². The lowest BCUT2D eigenvalue weighted by atomic mass is 9.95. The first-order chi connectivity index (χ1) is 14.1. The van der Waals surface area contributed by atoms with E-state index in [2.05, 4.69) is 6.58 Å². The summed E-state index contributed by atoms with van der Waals surface area (Å²) in [4.78, 5) is 22.2. The second kappa shape index (κ2) is 13.8. The summed E-state index contributed by atoms with van der Waals surface area (Å²) in [7, 11) is 0. The molecule has 2 N–H and O–H groups in total. The fourth-order valence-corrected chi connectivity index (χ4v) is 4.34. The summed E-state index contributed by atoms with van der Waals surface area (Å²) < 4.78 is 11.2. The van der Waals surface area contributed by atoms with Crippen molar-refractivity contribution >= 4 is 11.9 Å². The van der Waals surface area contributed by atoms with E-state index < -0.39 is 18.1 Å². The zero-order valence-electron chi connectivity index (χ0n) is 17.8. The standard InChI is InChI=1S/C12H22O.C11H17NO4/c1-3-7-11(8-4-1)13-12-9-5-2-6-10-12;1-2-9(13)12-10(14)11(15)16-8-6-4-3-5-7-8/h11-12H,1-10H2;2,8,10,14H,1,3-7H2,(H,12,13). The molecule has 3 rings (SSSR count). The Morgan fingerprint density at radius 2 is 1.21 bits per heavy atom. The molecular formula is C23H39NO5. The van der Waals surface area contributed by atoms with E-state index in [0.29, 0.717) is 12.2 Å².